The van der Waals surface area contributed by atoms with Crippen molar-refractivity contribution in [3.8, 4) is 0 Å². The van der Waals surface area contributed by atoms with Crippen molar-refractivity contribution in [1.82, 2.24) is 4.98 Å². The molecule has 0 spiro atoms. The lowest BCUT2D eigenvalue weighted by molar-refractivity contribution is 0.453. The number of rotatable bonds is 2. The number of nitrogens with one attached hydrogen (secondary N) is 1. The molecule has 1 aromatic carbocycles. The molecule has 0 aliphatic heterocycles. The van der Waals surface area contributed by atoms with Crippen LogP contribution in [0.1, 0.15) is 12.5 Å². The number of anilines is 1. The summed E-state index contributed by atoms with van der Waals surface area (Å²) in [7, 11) is 0. The summed E-state index contributed by atoms with van der Waals surface area (Å²) in [5.74, 6) is 1.58. The summed E-state index contributed by atoms with van der Waals surface area (Å²) in [5, 5.41) is -0.0558. The van der Waals surface area contributed by atoms with E-state index in [4.69, 9.17) is 5.84 Å². The monoisotopic (exact) mass is 241 g/mol. The van der Waals surface area contributed by atoms with Crippen molar-refractivity contribution in [2.75, 3.05) is 5.43 Å². The van der Waals surface area contributed by atoms with E-state index in [0.29, 0.717) is 17.8 Å². The van der Waals surface area contributed by atoms with Gasteiger partial charge in [0.2, 0.25) is 0 Å². The second kappa shape index (κ2) is 4.21. The highest BCUT2D eigenvalue weighted by molar-refractivity contribution is 5.82. The van der Waals surface area contributed by atoms with Gasteiger partial charge in [-0.25, -0.2) is 24.0 Å². The number of halogens is 3. The van der Waals surface area contributed by atoms with Gasteiger partial charge in [0, 0.05) is 11.5 Å². The number of nitrogens with zero attached hydrogens (tertiary/aromatic N) is 1. The van der Waals surface area contributed by atoms with Crippen LogP contribution in [-0.2, 0) is 6.42 Å². The average Bonchev–Trinajstić information content (AvgIpc) is 2.34. The third kappa shape index (κ3) is 1.80. The van der Waals surface area contributed by atoms with Crippen LogP contribution in [0, 0.1) is 17.5 Å². The third-order valence-electron chi connectivity index (χ3n) is 2.55. The van der Waals surface area contributed by atoms with Gasteiger partial charge in [-0.2, -0.15) is 0 Å². The van der Waals surface area contributed by atoms with Crippen LogP contribution in [0.15, 0.2) is 12.1 Å². The van der Waals surface area contributed by atoms with Crippen LogP contribution in [0.2, 0.25) is 0 Å². The fourth-order valence-electron chi connectivity index (χ4n) is 1.66. The maximum absolute atomic E-state index is 13.5. The number of aromatic nitrogens is 1. The Labute approximate surface area is 95.4 Å². The number of aryl methyl sites for hydroxylation is 1. The van der Waals surface area contributed by atoms with Crippen molar-refractivity contribution < 1.29 is 13.2 Å². The minimum Gasteiger partial charge on any atom is -0.308 e. The number of pyridine rings is 1. The molecule has 0 saturated carbocycles. The molecular formula is C11H10F3N3. The molecule has 0 unspecified atom stereocenters. The molecule has 0 aliphatic carbocycles. The van der Waals surface area contributed by atoms with Crippen LogP contribution < -0.4 is 11.3 Å². The largest absolute Gasteiger partial charge is 0.308 e. The number of hydrogen-bond acceptors (Lipinski definition) is 3. The Bertz CT molecular complexity index is 584. The molecule has 6 heteroatoms. The topological polar surface area (TPSA) is 50.9 Å². The highest BCUT2D eigenvalue weighted by Crippen LogP contribution is 2.25. The van der Waals surface area contributed by atoms with Crippen LogP contribution in [0.5, 0.6) is 0 Å². The van der Waals surface area contributed by atoms with E-state index in [1.54, 1.807) is 0 Å². The fraction of sp³-hybridized carbons (Fsp3) is 0.182. The fourth-order valence-corrected chi connectivity index (χ4v) is 1.66. The Morgan fingerprint density at radius 3 is 2.53 bits per heavy atom. The van der Waals surface area contributed by atoms with Crippen LogP contribution in [-0.4, -0.2) is 4.98 Å². The van der Waals surface area contributed by atoms with E-state index in [-0.39, 0.29) is 10.9 Å². The average molecular weight is 241 g/mol. The van der Waals surface area contributed by atoms with E-state index >= 15 is 0 Å². The van der Waals surface area contributed by atoms with Crippen molar-refractivity contribution in [3.05, 3.63) is 35.1 Å². The van der Waals surface area contributed by atoms with Crippen LogP contribution >= 0.6 is 0 Å². The second-order valence-electron chi connectivity index (χ2n) is 3.55. The normalized spacial score (nSPS) is 10.9. The van der Waals surface area contributed by atoms with E-state index in [0.717, 1.165) is 6.07 Å². The third-order valence-corrected chi connectivity index (χ3v) is 2.55. The van der Waals surface area contributed by atoms with E-state index in [1.807, 2.05) is 6.92 Å². The van der Waals surface area contributed by atoms with E-state index < -0.39 is 17.5 Å². The van der Waals surface area contributed by atoms with Crippen molar-refractivity contribution in [2.45, 2.75) is 13.3 Å². The van der Waals surface area contributed by atoms with Gasteiger partial charge in [-0.3, -0.25) is 0 Å². The predicted octanol–water partition coefficient (Wildman–Crippen LogP) is 2.50. The summed E-state index contributed by atoms with van der Waals surface area (Å²) in [6, 6.07) is 2.25. The van der Waals surface area contributed by atoms with Crippen LogP contribution in [0.3, 0.4) is 0 Å². The summed E-state index contributed by atoms with van der Waals surface area (Å²) in [4.78, 5) is 3.94. The zero-order valence-electron chi connectivity index (χ0n) is 9.02. The van der Waals surface area contributed by atoms with Crippen LogP contribution in [0.25, 0.3) is 10.9 Å². The van der Waals surface area contributed by atoms with Gasteiger partial charge >= 0.3 is 0 Å². The molecule has 90 valence electrons. The quantitative estimate of drug-likeness (QED) is 0.482. The first-order chi connectivity index (χ1) is 8.08. The van der Waals surface area contributed by atoms with E-state index in [1.165, 1.54) is 6.07 Å². The minimum atomic E-state index is -1.49. The maximum atomic E-state index is 13.5. The molecule has 3 nitrogen and oxygen atoms in total. The summed E-state index contributed by atoms with van der Waals surface area (Å²) in [6.45, 7) is 1.82. The van der Waals surface area contributed by atoms with Gasteiger partial charge in [-0.15, -0.1) is 0 Å². The predicted molar refractivity (Wildman–Crippen MR) is 58.8 cm³/mol. The first kappa shape index (κ1) is 11.7. The number of nitrogen functional groups attached to an aromatic ring is 1. The minimum absolute atomic E-state index is 0.0200. The lowest BCUT2D eigenvalue weighted by Crippen LogP contribution is -2.11. The van der Waals surface area contributed by atoms with Crippen molar-refractivity contribution in [3.63, 3.8) is 0 Å². The molecule has 2 rings (SSSR count). The molecule has 0 amide bonds. The number of fused-ring (bicyclic) bond motifs is 1. The molecule has 0 fully saturated rings. The number of hydrazine groups is 1. The first-order valence-corrected chi connectivity index (χ1v) is 5.02. The van der Waals surface area contributed by atoms with Gasteiger partial charge in [0.25, 0.3) is 0 Å². The standard InChI is InChI=1S/C11H10F3N3/c1-2-5-3-6-8(16-11(5)17-15)4-7(12)10(14)9(6)13/h3-4H,2,15H2,1H3,(H,16,17). The van der Waals surface area contributed by atoms with E-state index in [9.17, 15) is 13.2 Å². The summed E-state index contributed by atoms with van der Waals surface area (Å²) >= 11 is 0. The Morgan fingerprint density at radius 2 is 1.94 bits per heavy atom. The van der Waals surface area contributed by atoms with Crippen molar-refractivity contribution in [1.29, 1.82) is 0 Å². The number of nitrogens with two attached hydrogens (primary N) is 1. The molecule has 3 N–H and O–H groups in total. The molecule has 0 saturated heterocycles. The number of benzene rings is 1. The van der Waals surface area contributed by atoms with Gasteiger partial charge in [-0.05, 0) is 18.1 Å². The molecule has 1 heterocycles. The Morgan fingerprint density at radius 1 is 1.24 bits per heavy atom. The van der Waals surface area contributed by atoms with Gasteiger partial charge in [0.15, 0.2) is 17.5 Å². The Hall–Kier alpha value is -1.82. The van der Waals surface area contributed by atoms with Gasteiger partial charge in [0.05, 0.1) is 5.52 Å². The first-order valence-electron chi connectivity index (χ1n) is 5.02. The van der Waals surface area contributed by atoms with Gasteiger partial charge in [-0.1, -0.05) is 6.92 Å². The Kier molecular flexibility index (Phi) is 2.89. The van der Waals surface area contributed by atoms with E-state index in [2.05, 4.69) is 10.4 Å². The molecule has 2 aromatic rings. The highest BCUT2D eigenvalue weighted by Gasteiger charge is 2.16. The maximum Gasteiger partial charge on any atom is 0.195 e. The van der Waals surface area contributed by atoms with Gasteiger partial charge < -0.3 is 5.43 Å². The molecule has 0 atom stereocenters. The summed E-state index contributed by atoms with van der Waals surface area (Å²) in [5.41, 5.74) is 2.99. The summed E-state index contributed by atoms with van der Waals surface area (Å²) < 4.78 is 39.6. The highest BCUT2D eigenvalue weighted by atomic mass is 19.2. The molecule has 1 aromatic heterocycles. The lowest BCUT2D eigenvalue weighted by atomic mass is 10.1. The van der Waals surface area contributed by atoms with Crippen molar-refractivity contribution >= 4 is 16.7 Å². The molecule has 17 heavy (non-hydrogen) atoms. The Balaban J connectivity index is 2.83. The molecule has 0 aliphatic rings. The smallest absolute Gasteiger partial charge is 0.195 e. The second-order valence-corrected chi connectivity index (χ2v) is 3.55. The zero-order chi connectivity index (χ0) is 12.6. The van der Waals surface area contributed by atoms with Crippen molar-refractivity contribution in [2.24, 2.45) is 5.84 Å². The number of hydrogen-bond donors (Lipinski definition) is 2. The lowest BCUT2D eigenvalue weighted by Gasteiger charge is -2.09. The molecular weight excluding hydrogens is 231 g/mol. The zero-order valence-corrected chi connectivity index (χ0v) is 9.02. The molecule has 0 bridgehead atoms. The van der Waals surface area contributed by atoms with Gasteiger partial charge in [0.1, 0.15) is 5.82 Å². The molecule has 0 radical (unpaired) electrons. The van der Waals surface area contributed by atoms with Crippen LogP contribution in [0.4, 0.5) is 19.0 Å². The summed E-state index contributed by atoms with van der Waals surface area (Å²) in [6.07, 6.45) is 0.543. The SMILES string of the molecule is CCc1cc2c(F)c(F)c(F)cc2nc1NN.